The van der Waals surface area contributed by atoms with Crippen LogP contribution in [0.5, 0.6) is 0 Å². The maximum Gasteiger partial charge on any atom is 0.244 e. The number of nitrogens with one attached hydrogen (secondary N) is 1. The van der Waals surface area contributed by atoms with Crippen LogP contribution in [0.2, 0.25) is 0 Å². The van der Waals surface area contributed by atoms with E-state index in [2.05, 4.69) is 17.5 Å². The normalized spacial score (nSPS) is 10.4. The van der Waals surface area contributed by atoms with Crippen LogP contribution in [-0.4, -0.2) is 10.5 Å². The molecule has 1 heterocycles. The topological polar surface area (TPSA) is 83.8 Å². The predicted molar refractivity (Wildman–Crippen MR) is 107 cm³/mol. The Labute approximate surface area is 159 Å². The summed E-state index contributed by atoms with van der Waals surface area (Å²) >= 11 is 0. The number of rotatable bonds is 5. The quantitative estimate of drug-likeness (QED) is 0.728. The highest BCUT2D eigenvalue weighted by Crippen LogP contribution is 2.22. The summed E-state index contributed by atoms with van der Waals surface area (Å²) in [5, 5.41) is 12.3. The van der Waals surface area contributed by atoms with Gasteiger partial charge in [0.1, 0.15) is 18.3 Å². The number of carbonyl (C=O) groups is 1. The fraction of sp³-hybridized carbons (Fsp3) is 0.182. The second-order valence-electron chi connectivity index (χ2n) is 6.71. The lowest BCUT2D eigenvalue weighted by molar-refractivity contribution is -0.116. The van der Waals surface area contributed by atoms with Gasteiger partial charge in [0.25, 0.3) is 0 Å². The van der Waals surface area contributed by atoms with Gasteiger partial charge in [-0.15, -0.1) is 0 Å². The number of carbonyl (C=O) groups excluding carboxylic acids is 1. The van der Waals surface area contributed by atoms with Gasteiger partial charge in [0, 0.05) is 17.8 Å². The highest BCUT2D eigenvalue weighted by molar-refractivity contribution is 5.90. The molecule has 0 aliphatic rings. The average Bonchev–Trinajstić information content (AvgIpc) is 2.92. The van der Waals surface area contributed by atoms with Crippen LogP contribution >= 0.6 is 0 Å². The lowest BCUT2D eigenvalue weighted by Crippen LogP contribution is -2.21. The number of aromatic nitrogens is 1. The first-order valence-corrected chi connectivity index (χ1v) is 8.76. The Kier molecular flexibility index (Phi) is 5.28. The van der Waals surface area contributed by atoms with Crippen molar-refractivity contribution in [2.75, 3.05) is 11.1 Å². The van der Waals surface area contributed by atoms with Gasteiger partial charge in [-0.1, -0.05) is 47.5 Å². The van der Waals surface area contributed by atoms with Crippen molar-refractivity contribution in [2.24, 2.45) is 0 Å². The van der Waals surface area contributed by atoms with E-state index >= 15 is 0 Å². The van der Waals surface area contributed by atoms with Crippen molar-refractivity contribution >= 4 is 17.3 Å². The van der Waals surface area contributed by atoms with Crippen molar-refractivity contribution in [3.63, 3.8) is 0 Å². The molecule has 0 saturated carbocycles. The molecule has 0 aliphatic carbocycles. The minimum absolute atomic E-state index is 0.0368. The molecule has 3 N–H and O–H groups in total. The fourth-order valence-electron chi connectivity index (χ4n) is 3.08. The molecule has 3 rings (SSSR count). The van der Waals surface area contributed by atoms with Crippen molar-refractivity contribution in [1.82, 2.24) is 4.57 Å². The number of anilines is 2. The zero-order valence-electron chi connectivity index (χ0n) is 15.5. The summed E-state index contributed by atoms with van der Waals surface area (Å²) in [6.07, 6.45) is 0.563. The monoisotopic (exact) mass is 358 g/mol. The number of hydrogen-bond acceptors (Lipinski definition) is 3. The molecular weight excluding hydrogens is 336 g/mol. The second kappa shape index (κ2) is 7.79. The molecule has 0 atom stereocenters. The Morgan fingerprint density at radius 1 is 1.11 bits per heavy atom. The number of aryl methyl sites for hydroxylation is 2. The summed E-state index contributed by atoms with van der Waals surface area (Å²) in [6.45, 7) is 4.06. The van der Waals surface area contributed by atoms with E-state index < -0.39 is 0 Å². The van der Waals surface area contributed by atoms with Gasteiger partial charge in [0.05, 0.1) is 5.69 Å². The van der Waals surface area contributed by atoms with Crippen LogP contribution in [0.15, 0.2) is 54.6 Å². The Hall–Kier alpha value is -3.52. The van der Waals surface area contributed by atoms with E-state index in [1.54, 1.807) is 10.6 Å². The third kappa shape index (κ3) is 4.36. The SMILES string of the molecule is Cc1ccc(NC(=O)Cn2c(C#N)cc(N)c2Cc2cccc(C)c2)cc1. The summed E-state index contributed by atoms with van der Waals surface area (Å²) in [5.74, 6) is -0.198. The van der Waals surface area contributed by atoms with Crippen molar-refractivity contribution in [2.45, 2.75) is 26.8 Å². The van der Waals surface area contributed by atoms with Gasteiger partial charge < -0.3 is 15.6 Å². The highest BCUT2D eigenvalue weighted by Gasteiger charge is 2.16. The number of benzene rings is 2. The van der Waals surface area contributed by atoms with E-state index in [0.29, 0.717) is 17.8 Å². The summed E-state index contributed by atoms with van der Waals surface area (Å²) in [5.41, 5.74) is 11.9. The molecule has 0 spiro atoms. The number of nitrogens with two attached hydrogens (primary N) is 1. The predicted octanol–water partition coefficient (Wildman–Crippen LogP) is 3.79. The highest BCUT2D eigenvalue weighted by atomic mass is 16.1. The molecule has 27 heavy (non-hydrogen) atoms. The summed E-state index contributed by atoms with van der Waals surface area (Å²) in [6, 6.07) is 19.5. The lowest BCUT2D eigenvalue weighted by atomic mass is 10.1. The van der Waals surface area contributed by atoms with Gasteiger partial charge in [0.2, 0.25) is 5.91 Å². The first-order valence-electron chi connectivity index (χ1n) is 8.76. The number of amides is 1. The van der Waals surface area contributed by atoms with E-state index in [1.165, 1.54) is 0 Å². The molecule has 0 aliphatic heterocycles. The van der Waals surface area contributed by atoms with Crippen molar-refractivity contribution in [3.8, 4) is 6.07 Å². The molecule has 136 valence electrons. The Bertz CT molecular complexity index is 1010. The third-order valence-corrected chi connectivity index (χ3v) is 4.45. The molecule has 0 bridgehead atoms. The molecule has 5 heteroatoms. The minimum atomic E-state index is -0.198. The molecule has 0 fully saturated rings. The van der Waals surface area contributed by atoms with E-state index in [4.69, 9.17) is 5.73 Å². The molecule has 3 aromatic rings. The van der Waals surface area contributed by atoms with Crippen LogP contribution in [-0.2, 0) is 17.8 Å². The first-order chi connectivity index (χ1) is 13.0. The molecule has 5 nitrogen and oxygen atoms in total. The summed E-state index contributed by atoms with van der Waals surface area (Å²) < 4.78 is 1.70. The van der Waals surface area contributed by atoms with Crippen molar-refractivity contribution in [1.29, 1.82) is 5.26 Å². The minimum Gasteiger partial charge on any atom is -0.397 e. The number of nitrogens with zero attached hydrogens (tertiary/aromatic N) is 2. The fourth-order valence-corrected chi connectivity index (χ4v) is 3.08. The van der Waals surface area contributed by atoms with Crippen LogP contribution in [0.1, 0.15) is 28.1 Å². The standard InChI is InChI=1S/C22H22N4O/c1-15-6-8-18(9-7-15)25-22(27)14-26-19(13-23)12-20(24)21(26)11-17-5-3-4-16(2)10-17/h3-10,12H,11,14,24H2,1-2H3,(H,25,27). The maximum atomic E-state index is 12.5. The molecule has 1 amide bonds. The summed E-state index contributed by atoms with van der Waals surface area (Å²) in [7, 11) is 0. The number of nitriles is 1. The van der Waals surface area contributed by atoms with Gasteiger partial charge in [0.15, 0.2) is 0 Å². The molecule has 0 radical (unpaired) electrons. The van der Waals surface area contributed by atoms with Crippen LogP contribution in [0.25, 0.3) is 0 Å². The van der Waals surface area contributed by atoms with Crippen molar-refractivity contribution < 1.29 is 4.79 Å². The van der Waals surface area contributed by atoms with E-state index in [1.807, 2.05) is 56.3 Å². The lowest BCUT2D eigenvalue weighted by Gasteiger charge is -2.12. The third-order valence-electron chi connectivity index (χ3n) is 4.45. The Balaban J connectivity index is 1.84. The van der Waals surface area contributed by atoms with Gasteiger partial charge in [-0.05, 0) is 37.6 Å². The zero-order chi connectivity index (χ0) is 19.4. The van der Waals surface area contributed by atoms with Gasteiger partial charge in [-0.3, -0.25) is 4.79 Å². The number of nitrogen functional groups attached to an aromatic ring is 1. The summed E-state index contributed by atoms with van der Waals surface area (Å²) in [4.78, 5) is 12.5. The Morgan fingerprint density at radius 3 is 2.52 bits per heavy atom. The Morgan fingerprint density at radius 2 is 1.85 bits per heavy atom. The molecule has 0 unspecified atom stereocenters. The maximum absolute atomic E-state index is 12.5. The molecule has 0 saturated heterocycles. The van der Waals surface area contributed by atoms with Gasteiger partial charge in [-0.2, -0.15) is 5.26 Å². The second-order valence-corrected chi connectivity index (χ2v) is 6.71. The van der Waals surface area contributed by atoms with Gasteiger partial charge in [-0.25, -0.2) is 0 Å². The van der Waals surface area contributed by atoms with Crippen LogP contribution in [0, 0.1) is 25.2 Å². The smallest absolute Gasteiger partial charge is 0.244 e. The van der Waals surface area contributed by atoms with Gasteiger partial charge >= 0.3 is 0 Å². The molecule has 1 aromatic heterocycles. The van der Waals surface area contributed by atoms with Crippen molar-refractivity contribution in [3.05, 3.63) is 82.7 Å². The van der Waals surface area contributed by atoms with E-state index in [9.17, 15) is 10.1 Å². The molecular formula is C22H22N4O. The van der Waals surface area contributed by atoms with E-state index in [0.717, 1.165) is 28.1 Å². The van der Waals surface area contributed by atoms with Crippen LogP contribution in [0.4, 0.5) is 11.4 Å². The number of hydrogen-bond donors (Lipinski definition) is 2. The average molecular weight is 358 g/mol. The zero-order valence-corrected chi connectivity index (χ0v) is 15.5. The first kappa shape index (κ1) is 18.3. The van der Waals surface area contributed by atoms with E-state index in [-0.39, 0.29) is 12.5 Å². The van der Waals surface area contributed by atoms with Crippen LogP contribution < -0.4 is 11.1 Å². The van der Waals surface area contributed by atoms with Crippen LogP contribution in [0.3, 0.4) is 0 Å². The largest absolute Gasteiger partial charge is 0.397 e. The molecule has 2 aromatic carbocycles.